The van der Waals surface area contributed by atoms with E-state index < -0.39 is 0 Å². The molecule has 0 spiro atoms. The third kappa shape index (κ3) is 1.67. The molecular weight excluding hydrogens is 206 g/mol. The first-order chi connectivity index (χ1) is 8.27. The zero-order chi connectivity index (χ0) is 11.8. The van der Waals surface area contributed by atoms with Crippen molar-refractivity contribution < 1.29 is 0 Å². The van der Waals surface area contributed by atoms with Gasteiger partial charge in [-0.25, -0.2) is 0 Å². The van der Waals surface area contributed by atoms with Crippen molar-refractivity contribution in [1.82, 2.24) is 0 Å². The molecule has 0 saturated carbocycles. The average molecular weight is 223 g/mol. The predicted molar refractivity (Wildman–Crippen MR) is 71.0 cm³/mol. The SMILES string of the molecule is CC1c2ccccc2C[C@H](N)c2ccccc21. The van der Waals surface area contributed by atoms with Gasteiger partial charge >= 0.3 is 0 Å². The van der Waals surface area contributed by atoms with Crippen molar-refractivity contribution >= 4 is 0 Å². The monoisotopic (exact) mass is 223 g/mol. The molecular formula is C16H17N. The van der Waals surface area contributed by atoms with E-state index in [0.717, 1.165) is 6.42 Å². The maximum Gasteiger partial charge on any atom is 0.0338 e. The highest BCUT2D eigenvalue weighted by Gasteiger charge is 2.23. The minimum Gasteiger partial charge on any atom is -0.324 e. The van der Waals surface area contributed by atoms with Crippen molar-refractivity contribution in [2.24, 2.45) is 5.73 Å². The number of nitrogens with two attached hydrogens (primary N) is 1. The number of fused-ring (bicyclic) bond motifs is 2. The van der Waals surface area contributed by atoms with Gasteiger partial charge in [0.15, 0.2) is 0 Å². The summed E-state index contributed by atoms with van der Waals surface area (Å²) in [5.74, 6) is 0.441. The molecule has 0 radical (unpaired) electrons. The molecule has 0 amide bonds. The Morgan fingerprint density at radius 2 is 1.47 bits per heavy atom. The molecule has 0 bridgehead atoms. The predicted octanol–water partition coefficient (Wildman–Crippen LogP) is 3.39. The van der Waals surface area contributed by atoms with E-state index >= 15 is 0 Å². The summed E-state index contributed by atoms with van der Waals surface area (Å²) in [7, 11) is 0. The first-order valence-corrected chi connectivity index (χ1v) is 6.19. The zero-order valence-electron chi connectivity index (χ0n) is 10.1. The molecule has 0 fully saturated rings. The highest BCUT2D eigenvalue weighted by atomic mass is 14.6. The van der Waals surface area contributed by atoms with E-state index in [2.05, 4.69) is 55.5 Å². The first-order valence-electron chi connectivity index (χ1n) is 6.19. The molecule has 2 atom stereocenters. The van der Waals surface area contributed by atoms with Crippen LogP contribution in [0.2, 0.25) is 0 Å². The molecule has 1 heteroatoms. The van der Waals surface area contributed by atoms with Gasteiger partial charge in [0.25, 0.3) is 0 Å². The minimum absolute atomic E-state index is 0.122. The first kappa shape index (κ1) is 10.5. The maximum atomic E-state index is 6.32. The standard InChI is InChI=1S/C16H17N/c1-11-13-7-3-2-6-12(13)10-16(17)15-9-5-4-8-14(11)15/h2-9,11,16H,10,17H2,1H3/t11?,16-/m0/s1. The van der Waals surface area contributed by atoms with Crippen molar-refractivity contribution in [1.29, 1.82) is 0 Å². The summed E-state index contributed by atoms with van der Waals surface area (Å²) in [6, 6.07) is 17.4. The maximum absolute atomic E-state index is 6.32. The van der Waals surface area contributed by atoms with Crippen molar-refractivity contribution in [3.63, 3.8) is 0 Å². The molecule has 0 aliphatic heterocycles. The second-order valence-electron chi connectivity index (χ2n) is 4.86. The topological polar surface area (TPSA) is 26.0 Å². The molecule has 1 nitrogen and oxygen atoms in total. The highest BCUT2D eigenvalue weighted by Crippen LogP contribution is 2.36. The van der Waals surface area contributed by atoms with Crippen LogP contribution in [0.1, 0.15) is 41.1 Å². The summed E-state index contributed by atoms with van der Waals surface area (Å²) in [5.41, 5.74) is 11.8. The van der Waals surface area contributed by atoms with Crippen molar-refractivity contribution in [3.8, 4) is 0 Å². The summed E-state index contributed by atoms with van der Waals surface area (Å²) in [4.78, 5) is 0. The number of benzene rings is 2. The summed E-state index contributed by atoms with van der Waals surface area (Å²) in [6.07, 6.45) is 0.942. The van der Waals surface area contributed by atoms with Gasteiger partial charge in [-0.1, -0.05) is 55.5 Å². The Labute approximate surface area is 102 Å². The van der Waals surface area contributed by atoms with E-state index in [4.69, 9.17) is 5.73 Å². The molecule has 2 N–H and O–H groups in total. The van der Waals surface area contributed by atoms with E-state index in [1.54, 1.807) is 0 Å². The van der Waals surface area contributed by atoms with Crippen molar-refractivity contribution in [2.45, 2.75) is 25.3 Å². The second-order valence-corrected chi connectivity index (χ2v) is 4.86. The zero-order valence-corrected chi connectivity index (χ0v) is 10.1. The van der Waals surface area contributed by atoms with Gasteiger partial charge in [0.2, 0.25) is 0 Å². The van der Waals surface area contributed by atoms with Crippen LogP contribution in [-0.4, -0.2) is 0 Å². The minimum atomic E-state index is 0.122. The lowest BCUT2D eigenvalue weighted by Crippen LogP contribution is -2.13. The van der Waals surface area contributed by atoms with Gasteiger partial charge < -0.3 is 5.73 Å². The molecule has 0 aromatic heterocycles. The lowest BCUT2D eigenvalue weighted by atomic mass is 9.90. The summed E-state index contributed by atoms with van der Waals surface area (Å²) in [6.45, 7) is 2.27. The van der Waals surface area contributed by atoms with E-state index in [1.165, 1.54) is 22.3 Å². The van der Waals surface area contributed by atoms with E-state index in [-0.39, 0.29) is 6.04 Å². The fourth-order valence-electron chi connectivity index (χ4n) is 2.90. The fourth-order valence-corrected chi connectivity index (χ4v) is 2.90. The molecule has 3 rings (SSSR count). The lowest BCUT2D eigenvalue weighted by molar-refractivity contribution is 0.723. The Bertz CT molecular complexity index is 545. The quantitative estimate of drug-likeness (QED) is 0.728. The Kier molecular flexibility index (Phi) is 2.49. The van der Waals surface area contributed by atoms with Crippen LogP contribution in [0.5, 0.6) is 0 Å². The Balaban J connectivity index is 2.22. The van der Waals surface area contributed by atoms with Gasteiger partial charge in [-0.05, 0) is 28.7 Å². The van der Waals surface area contributed by atoms with Crippen LogP contribution >= 0.6 is 0 Å². The fraction of sp³-hybridized carbons (Fsp3) is 0.250. The van der Waals surface area contributed by atoms with Gasteiger partial charge in [0, 0.05) is 12.0 Å². The Hall–Kier alpha value is -1.60. The molecule has 2 aromatic carbocycles. The van der Waals surface area contributed by atoms with E-state index in [0.29, 0.717) is 5.92 Å². The second kappa shape index (κ2) is 4.01. The van der Waals surface area contributed by atoms with E-state index in [9.17, 15) is 0 Å². The van der Waals surface area contributed by atoms with Gasteiger partial charge in [-0.3, -0.25) is 0 Å². The summed E-state index contributed by atoms with van der Waals surface area (Å²) in [5, 5.41) is 0. The van der Waals surface area contributed by atoms with Crippen molar-refractivity contribution in [2.75, 3.05) is 0 Å². The largest absolute Gasteiger partial charge is 0.324 e. The molecule has 2 aromatic rings. The Morgan fingerprint density at radius 1 is 0.882 bits per heavy atom. The van der Waals surface area contributed by atoms with Crippen LogP contribution in [0.25, 0.3) is 0 Å². The van der Waals surface area contributed by atoms with Crippen molar-refractivity contribution in [3.05, 3.63) is 70.8 Å². The normalized spacial score (nSPS) is 22.5. The van der Waals surface area contributed by atoms with E-state index in [1.807, 2.05) is 0 Å². The highest BCUT2D eigenvalue weighted by molar-refractivity contribution is 5.45. The van der Waals surface area contributed by atoms with Crippen LogP contribution in [0.15, 0.2) is 48.5 Å². The van der Waals surface area contributed by atoms with Crippen LogP contribution < -0.4 is 5.73 Å². The lowest BCUT2D eigenvalue weighted by Gasteiger charge is -2.15. The molecule has 17 heavy (non-hydrogen) atoms. The molecule has 1 aliphatic rings. The average Bonchev–Trinajstić information content (AvgIpc) is 2.48. The summed E-state index contributed by atoms with van der Waals surface area (Å²) < 4.78 is 0. The number of hydrogen-bond donors (Lipinski definition) is 1. The molecule has 86 valence electrons. The van der Waals surface area contributed by atoms with Crippen LogP contribution in [0, 0.1) is 0 Å². The third-order valence-corrected chi connectivity index (χ3v) is 3.82. The van der Waals surface area contributed by atoms with Gasteiger partial charge in [0.05, 0.1) is 0 Å². The molecule has 0 heterocycles. The van der Waals surface area contributed by atoms with Crippen LogP contribution in [-0.2, 0) is 6.42 Å². The molecule has 1 aliphatic carbocycles. The number of hydrogen-bond acceptors (Lipinski definition) is 1. The van der Waals surface area contributed by atoms with Crippen LogP contribution in [0.3, 0.4) is 0 Å². The van der Waals surface area contributed by atoms with Gasteiger partial charge in [-0.15, -0.1) is 0 Å². The third-order valence-electron chi connectivity index (χ3n) is 3.82. The van der Waals surface area contributed by atoms with Gasteiger partial charge in [0.1, 0.15) is 0 Å². The van der Waals surface area contributed by atoms with Crippen LogP contribution in [0.4, 0.5) is 0 Å². The van der Waals surface area contributed by atoms with Gasteiger partial charge in [-0.2, -0.15) is 0 Å². The summed E-state index contributed by atoms with van der Waals surface area (Å²) >= 11 is 0. The smallest absolute Gasteiger partial charge is 0.0338 e. The molecule has 0 saturated heterocycles. The Morgan fingerprint density at radius 3 is 2.24 bits per heavy atom. The molecule has 1 unspecified atom stereocenters. The number of rotatable bonds is 0.